The molecule has 1 aromatic heterocycles. The Morgan fingerprint density at radius 3 is 2.59 bits per heavy atom. The van der Waals surface area contributed by atoms with Gasteiger partial charge in [0.1, 0.15) is 5.75 Å². The third kappa shape index (κ3) is 4.70. The molecular formula is C21H22ClN2O3+. The predicted molar refractivity (Wildman–Crippen MR) is 105 cm³/mol. The van der Waals surface area contributed by atoms with Crippen LogP contribution in [0, 0.1) is 0 Å². The maximum atomic E-state index is 12.8. The van der Waals surface area contributed by atoms with Crippen molar-refractivity contribution < 1.29 is 19.3 Å². The summed E-state index contributed by atoms with van der Waals surface area (Å²) in [5.74, 6) is 1.20. The lowest BCUT2D eigenvalue weighted by molar-refractivity contribution is -0.706. The fourth-order valence-corrected chi connectivity index (χ4v) is 3.07. The summed E-state index contributed by atoms with van der Waals surface area (Å²) in [6.45, 7) is 1.85. The summed E-state index contributed by atoms with van der Waals surface area (Å²) in [7, 11) is 1.55. The van der Waals surface area contributed by atoms with Crippen LogP contribution in [0.4, 0.5) is 5.69 Å². The average Bonchev–Trinajstić information content (AvgIpc) is 3.21. The number of amides is 1. The van der Waals surface area contributed by atoms with Crippen LogP contribution in [0.15, 0.2) is 71.3 Å². The number of hydrogen-bond donors (Lipinski definition) is 2. The number of quaternary nitrogens is 1. The molecule has 0 fully saturated rings. The third-order valence-electron chi connectivity index (χ3n) is 4.32. The first-order valence-electron chi connectivity index (χ1n) is 8.66. The van der Waals surface area contributed by atoms with Crippen LogP contribution in [0.5, 0.6) is 5.75 Å². The Kier molecular flexibility index (Phi) is 6.16. The monoisotopic (exact) mass is 385 g/mol. The van der Waals surface area contributed by atoms with Crippen molar-refractivity contribution in [3.8, 4) is 5.75 Å². The minimum Gasteiger partial charge on any atom is -0.495 e. The Balaban J connectivity index is 1.77. The molecule has 2 aromatic carbocycles. The molecule has 2 atom stereocenters. The zero-order chi connectivity index (χ0) is 19.2. The van der Waals surface area contributed by atoms with E-state index in [0.717, 1.165) is 11.3 Å². The molecule has 3 N–H and O–H groups in total. The number of anilines is 1. The second kappa shape index (κ2) is 8.75. The number of hydrogen-bond acceptors (Lipinski definition) is 3. The van der Waals surface area contributed by atoms with E-state index in [1.807, 2.05) is 54.7 Å². The van der Waals surface area contributed by atoms with E-state index in [1.54, 1.807) is 31.6 Å². The fraction of sp³-hybridized carbons (Fsp3) is 0.190. The number of methoxy groups -OCH3 is 1. The number of nitrogens with one attached hydrogen (secondary N) is 1. The van der Waals surface area contributed by atoms with E-state index < -0.39 is 0 Å². The van der Waals surface area contributed by atoms with Gasteiger partial charge in [-0.2, -0.15) is 0 Å². The highest BCUT2D eigenvalue weighted by molar-refractivity contribution is 6.31. The molecule has 27 heavy (non-hydrogen) atoms. The van der Waals surface area contributed by atoms with Gasteiger partial charge in [-0.05, 0) is 37.3 Å². The van der Waals surface area contributed by atoms with E-state index in [9.17, 15) is 4.79 Å². The Morgan fingerprint density at radius 2 is 1.93 bits per heavy atom. The number of nitrogens with two attached hydrogens (primary N) is 1. The van der Waals surface area contributed by atoms with Crippen LogP contribution in [0.1, 0.15) is 24.3 Å². The highest BCUT2D eigenvalue weighted by Crippen LogP contribution is 2.27. The number of benzene rings is 2. The standard InChI is InChI=1S/C21H21ClN2O3/c1-14(21(25)24-17-13-16(22)10-11-18(17)26-2)23-20(19-9-6-12-27-19)15-7-4-3-5-8-15/h3-14,20,23H,1-2H3,(H,24,25)/p+1/t14-,20+/m0/s1. The van der Waals surface area contributed by atoms with Crippen LogP contribution in [0.25, 0.3) is 0 Å². The molecule has 3 rings (SSSR count). The molecule has 0 saturated carbocycles. The normalized spacial score (nSPS) is 13.0. The topological polar surface area (TPSA) is 68.1 Å². The number of ether oxygens (including phenoxy) is 1. The van der Waals surface area contributed by atoms with Gasteiger partial charge in [-0.1, -0.05) is 41.9 Å². The summed E-state index contributed by atoms with van der Waals surface area (Å²) in [4.78, 5) is 12.8. The Labute approximate surface area is 163 Å². The van der Waals surface area contributed by atoms with Crippen molar-refractivity contribution in [1.29, 1.82) is 0 Å². The van der Waals surface area contributed by atoms with E-state index in [2.05, 4.69) is 5.32 Å². The molecule has 1 amide bonds. The first kappa shape index (κ1) is 19.0. The zero-order valence-corrected chi connectivity index (χ0v) is 15.9. The molecule has 140 valence electrons. The molecule has 0 spiro atoms. The maximum Gasteiger partial charge on any atom is 0.282 e. The van der Waals surface area contributed by atoms with Crippen molar-refractivity contribution in [1.82, 2.24) is 0 Å². The summed E-state index contributed by atoms with van der Waals surface area (Å²) < 4.78 is 10.9. The molecular weight excluding hydrogens is 364 g/mol. The molecule has 0 unspecified atom stereocenters. The van der Waals surface area contributed by atoms with Crippen LogP contribution >= 0.6 is 11.6 Å². The first-order chi connectivity index (χ1) is 13.1. The predicted octanol–water partition coefficient (Wildman–Crippen LogP) is 3.62. The van der Waals surface area contributed by atoms with E-state index in [1.165, 1.54) is 0 Å². The van der Waals surface area contributed by atoms with Crippen LogP contribution in [-0.4, -0.2) is 19.1 Å². The minimum atomic E-state index is -0.371. The van der Waals surface area contributed by atoms with Crippen LogP contribution in [0.2, 0.25) is 5.02 Å². The summed E-state index contributed by atoms with van der Waals surface area (Å²) in [6.07, 6.45) is 1.64. The fourth-order valence-electron chi connectivity index (χ4n) is 2.90. The van der Waals surface area contributed by atoms with Crippen molar-refractivity contribution in [2.45, 2.75) is 19.0 Å². The lowest BCUT2D eigenvalue weighted by Gasteiger charge is -2.19. The maximum absolute atomic E-state index is 12.8. The molecule has 0 bridgehead atoms. The number of halogens is 1. The smallest absolute Gasteiger partial charge is 0.282 e. The largest absolute Gasteiger partial charge is 0.495 e. The van der Waals surface area contributed by atoms with Gasteiger partial charge in [0.05, 0.1) is 19.1 Å². The van der Waals surface area contributed by atoms with Gasteiger partial charge in [0.25, 0.3) is 5.91 Å². The quantitative estimate of drug-likeness (QED) is 0.652. The lowest BCUT2D eigenvalue weighted by atomic mass is 10.0. The van der Waals surface area contributed by atoms with Gasteiger partial charge in [0.15, 0.2) is 17.8 Å². The first-order valence-corrected chi connectivity index (χ1v) is 9.04. The summed E-state index contributed by atoms with van der Waals surface area (Å²) >= 11 is 6.04. The van der Waals surface area contributed by atoms with Gasteiger partial charge in [-0.15, -0.1) is 0 Å². The van der Waals surface area contributed by atoms with Crippen molar-refractivity contribution in [2.75, 3.05) is 12.4 Å². The molecule has 6 heteroatoms. The van der Waals surface area contributed by atoms with Crippen LogP contribution in [-0.2, 0) is 4.79 Å². The van der Waals surface area contributed by atoms with Gasteiger partial charge in [0, 0.05) is 10.6 Å². The Bertz CT molecular complexity index is 882. The second-order valence-electron chi connectivity index (χ2n) is 6.22. The van der Waals surface area contributed by atoms with Crippen molar-refractivity contribution in [3.05, 3.63) is 83.3 Å². The molecule has 0 radical (unpaired) electrons. The molecule has 1 heterocycles. The number of furan rings is 1. The van der Waals surface area contributed by atoms with Gasteiger partial charge in [-0.25, -0.2) is 0 Å². The Hall–Kier alpha value is -2.76. The van der Waals surface area contributed by atoms with Crippen molar-refractivity contribution in [2.24, 2.45) is 0 Å². The molecule has 3 aromatic rings. The van der Waals surface area contributed by atoms with Gasteiger partial charge < -0.3 is 19.8 Å². The Morgan fingerprint density at radius 1 is 1.15 bits per heavy atom. The molecule has 0 aliphatic heterocycles. The third-order valence-corrected chi connectivity index (χ3v) is 4.56. The molecule has 0 aliphatic carbocycles. The lowest BCUT2D eigenvalue weighted by Crippen LogP contribution is -2.92. The minimum absolute atomic E-state index is 0.122. The van der Waals surface area contributed by atoms with Crippen molar-refractivity contribution in [3.63, 3.8) is 0 Å². The molecule has 5 nitrogen and oxygen atoms in total. The van der Waals surface area contributed by atoms with E-state index in [0.29, 0.717) is 16.5 Å². The van der Waals surface area contributed by atoms with E-state index in [-0.39, 0.29) is 18.0 Å². The zero-order valence-electron chi connectivity index (χ0n) is 15.2. The van der Waals surface area contributed by atoms with Crippen molar-refractivity contribution >= 4 is 23.2 Å². The second-order valence-corrected chi connectivity index (χ2v) is 6.66. The summed E-state index contributed by atoms with van der Waals surface area (Å²) in [6, 6.07) is 18.3. The highest BCUT2D eigenvalue weighted by Gasteiger charge is 2.27. The average molecular weight is 386 g/mol. The SMILES string of the molecule is COc1ccc(Cl)cc1NC(=O)[C@H](C)[NH2+][C@H](c1ccccc1)c1ccco1. The molecule has 0 saturated heterocycles. The summed E-state index contributed by atoms with van der Waals surface area (Å²) in [5.41, 5.74) is 1.61. The number of carbonyl (C=O) groups is 1. The van der Waals surface area contributed by atoms with Crippen LogP contribution < -0.4 is 15.4 Å². The number of carbonyl (C=O) groups excluding carboxylic acids is 1. The number of rotatable bonds is 7. The highest BCUT2D eigenvalue weighted by atomic mass is 35.5. The summed E-state index contributed by atoms with van der Waals surface area (Å²) in [5, 5.41) is 5.39. The van der Waals surface area contributed by atoms with Gasteiger partial charge in [0.2, 0.25) is 0 Å². The van der Waals surface area contributed by atoms with Crippen LogP contribution in [0.3, 0.4) is 0 Å². The van der Waals surface area contributed by atoms with Gasteiger partial charge in [-0.3, -0.25) is 4.79 Å². The van der Waals surface area contributed by atoms with Gasteiger partial charge >= 0.3 is 0 Å². The van der Waals surface area contributed by atoms with E-state index >= 15 is 0 Å². The molecule has 0 aliphatic rings. The van der Waals surface area contributed by atoms with E-state index in [4.69, 9.17) is 20.8 Å².